The molecule has 0 spiro atoms. The zero-order valence-electron chi connectivity index (χ0n) is 7.95. The summed E-state index contributed by atoms with van der Waals surface area (Å²) in [6, 6.07) is 9.61. The van der Waals surface area contributed by atoms with Gasteiger partial charge in [0, 0.05) is 10.0 Å². The van der Waals surface area contributed by atoms with Crippen LogP contribution in [0.2, 0.25) is 0 Å². The fourth-order valence-corrected chi connectivity index (χ4v) is 4.79. The summed E-state index contributed by atoms with van der Waals surface area (Å²) < 4.78 is 2.86. The van der Waals surface area contributed by atoms with Crippen LogP contribution in [0.1, 0.15) is 17.2 Å². The highest BCUT2D eigenvalue weighted by Gasteiger charge is 2.18. The van der Waals surface area contributed by atoms with E-state index in [1.54, 1.807) is 11.3 Å². The minimum Gasteiger partial charge on any atom is -0.384 e. The molecule has 0 aliphatic heterocycles. The van der Waals surface area contributed by atoms with Crippen LogP contribution in [0.4, 0.5) is 0 Å². The molecule has 1 atom stereocenters. The van der Waals surface area contributed by atoms with Gasteiger partial charge in [-0.2, -0.15) is 0 Å². The van der Waals surface area contributed by atoms with E-state index in [-0.39, 0.29) is 0 Å². The lowest BCUT2D eigenvalue weighted by atomic mass is 10.0. The van der Waals surface area contributed by atoms with Crippen molar-refractivity contribution in [2.75, 3.05) is 0 Å². The van der Waals surface area contributed by atoms with Crippen LogP contribution in [-0.4, -0.2) is 5.11 Å². The van der Waals surface area contributed by atoms with Crippen molar-refractivity contribution < 1.29 is 5.11 Å². The number of benzene rings is 1. The lowest BCUT2D eigenvalue weighted by Gasteiger charge is -2.11. The second-order valence-corrected chi connectivity index (χ2v) is 7.81. The van der Waals surface area contributed by atoms with Crippen LogP contribution in [0.25, 0.3) is 0 Å². The van der Waals surface area contributed by atoms with Crippen molar-refractivity contribution >= 4 is 59.1 Å². The van der Waals surface area contributed by atoms with E-state index < -0.39 is 6.10 Å². The Labute approximate surface area is 123 Å². The highest BCUT2D eigenvalue weighted by molar-refractivity contribution is 9.12. The molecule has 84 valence electrons. The lowest BCUT2D eigenvalue weighted by molar-refractivity contribution is 0.219. The van der Waals surface area contributed by atoms with E-state index in [0.29, 0.717) is 0 Å². The third kappa shape index (κ3) is 2.59. The third-order valence-electron chi connectivity index (χ3n) is 2.18. The number of hydrogen-bond acceptors (Lipinski definition) is 2. The highest BCUT2D eigenvalue weighted by atomic mass is 79.9. The van der Waals surface area contributed by atoms with Crippen molar-refractivity contribution in [3.63, 3.8) is 0 Å². The van der Waals surface area contributed by atoms with Crippen molar-refractivity contribution in [3.8, 4) is 0 Å². The van der Waals surface area contributed by atoms with E-state index in [1.165, 1.54) is 0 Å². The van der Waals surface area contributed by atoms with E-state index in [9.17, 15) is 5.11 Å². The number of aliphatic hydroxyl groups is 1. The molecular formula is C11H7Br3OS. The molecule has 1 aromatic carbocycles. The molecule has 0 radical (unpaired) electrons. The van der Waals surface area contributed by atoms with Crippen molar-refractivity contribution in [3.05, 3.63) is 53.5 Å². The van der Waals surface area contributed by atoms with E-state index in [4.69, 9.17) is 0 Å². The Balaban J connectivity index is 2.43. The largest absolute Gasteiger partial charge is 0.384 e. The van der Waals surface area contributed by atoms with Crippen LogP contribution >= 0.6 is 59.1 Å². The first-order valence-electron chi connectivity index (χ1n) is 4.47. The minimum absolute atomic E-state index is 0.618. The van der Waals surface area contributed by atoms with Crippen molar-refractivity contribution in [2.24, 2.45) is 0 Å². The van der Waals surface area contributed by atoms with E-state index in [1.807, 2.05) is 30.3 Å². The summed E-state index contributed by atoms with van der Waals surface area (Å²) >= 11 is 11.9. The SMILES string of the molecule is OC(c1ccccc1Br)c1cc(Br)sc1Br. The number of rotatable bonds is 2. The highest BCUT2D eigenvalue weighted by Crippen LogP contribution is 2.39. The molecule has 1 heterocycles. The van der Waals surface area contributed by atoms with Gasteiger partial charge in [0.1, 0.15) is 6.10 Å². The molecule has 0 aliphatic carbocycles. The first-order chi connectivity index (χ1) is 7.59. The van der Waals surface area contributed by atoms with Gasteiger partial charge in [0.25, 0.3) is 0 Å². The summed E-state index contributed by atoms with van der Waals surface area (Å²) in [7, 11) is 0. The van der Waals surface area contributed by atoms with Gasteiger partial charge in [0.2, 0.25) is 0 Å². The van der Waals surface area contributed by atoms with Crippen LogP contribution in [0.15, 0.2) is 42.4 Å². The molecule has 0 bridgehead atoms. The Bertz CT molecular complexity index is 510. The van der Waals surface area contributed by atoms with Crippen LogP contribution in [-0.2, 0) is 0 Å². The summed E-state index contributed by atoms with van der Waals surface area (Å²) in [5.41, 5.74) is 1.75. The second kappa shape index (κ2) is 5.31. The van der Waals surface area contributed by atoms with E-state index >= 15 is 0 Å². The monoisotopic (exact) mass is 424 g/mol. The fourth-order valence-electron chi connectivity index (χ4n) is 1.40. The summed E-state index contributed by atoms with van der Waals surface area (Å²) in [4.78, 5) is 0. The quantitative estimate of drug-likeness (QED) is 0.706. The Hall–Kier alpha value is 0.320. The summed E-state index contributed by atoms with van der Waals surface area (Å²) in [6.07, 6.45) is -0.618. The molecule has 1 nitrogen and oxygen atoms in total. The molecule has 16 heavy (non-hydrogen) atoms. The predicted molar refractivity (Wildman–Crippen MR) is 77.9 cm³/mol. The lowest BCUT2D eigenvalue weighted by Crippen LogP contribution is -1.99. The van der Waals surface area contributed by atoms with Crippen molar-refractivity contribution in [1.29, 1.82) is 0 Å². The normalized spacial score (nSPS) is 12.8. The van der Waals surface area contributed by atoms with Gasteiger partial charge in [-0.25, -0.2) is 0 Å². The standard InChI is InChI=1S/C11H7Br3OS/c12-8-4-2-1-3-6(8)10(15)7-5-9(13)16-11(7)14/h1-5,10,15H. The Morgan fingerprint density at radius 3 is 2.31 bits per heavy atom. The Kier molecular flexibility index (Phi) is 4.24. The molecule has 0 amide bonds. The van der Waals surface area contributed by atoms with Gasteiger partial charge in [-0.15, -0.1) is 11.3 Å². The second-order valence-electron chi connectivity index (χ2n) is 3.20. The minimum atomic E-state index is -0.618. The smallest absolute Gasteiger partial charge is 0.107 e. The topological polar surface area (TPSA) is 20.2 Å². The predicted octanol–water partition coefficient (Wildman–Crippen LogP) is 5.12. The number of aliphatic hydroxyl groups excluding tert-OH is 1. The fraction of sp³-hybridized carbons (Fsp3) is 0.0909. The molecular weight excluding hydrogens is 420 g/mol. The number of thiophene rings is 1. The van der Waals surface area contributed by atoms with Gasteiger partial charge in [-0.05, 0) is 49.6 Å². The molecule has 2 rings (SSSR count). The van der Waals surface area contributed by atoms with Crippen LogP contribution in [0.3, 0.4) is 0 Å². The van der Waals surface area contributed by atoms with Crippen LogP contribution in [0, 0.1) is 0 Å². The molecule has 1 aromatic heterocycles. The van der Waals surface area contributed by atoms with E-state index in [2.05, 4.69) is 47.8 Å². The Morgan fingerprint density at radius 1 is 1.06 bits per heavy atom. The Morgan fingerprint density at radius 2 is 1.75 bits per heavy atom. The zero-order valence-corrected chi connectivity index (χ0v) is 13.5. The molecule has 2 aromatic rings. The molecule has 5 heteroatoms. The average Bonchev–Trinajstić information content (AvgIpc) is 2.58. The summed E-state index contributed by atoms with van der Waals surface area (Å²) in [6.45, 7) is 0. The number of hydrogen-bond donors (Lipinski definition) is 1. The van der Waals surface area contributed by atoms with Gasteiger partial charge in [-0.1, -0.05) is 34.1 Å². The van der Waals surface area contributed by atoms with Gasteiger partial charge in [0.15, 0.2) is 0 Å². The van der Waals surface area contributed by atoms with Crippen LogP contribution in [0.5, 0.6) is 0 Å². The van der Waals surface area contributed by atoms with E-state index in [0.717, 1.165) is 23.2 Å². The van der Waals surface area contributed by atoms with Gasteiger partial charge in [-0.3, -0.25) is 0 Å². The molecule has 1 N–H and O–H groups in total. The summed E-state index contributed by atoms with van der Waals surface area (Å²) in [5, 5.41) is 10.3. The molecule has 0 saturated carbocycles. The molecule has 0 saturated heterocycles. The third-order valence-corrected chi connectivity index (χ3v) is 5.29. The molecule has 0 aliphatic rings. The number of halogens is 3. The first-order valence-corrected chi connectivity index (χ1v) is 7.66. The maximum Gasteiger partial charge on any atom is 0.107 e. The maximum absolute atomic E-state index is 10.3. The van der Waals surface area contributed by atoms with Gasteiger partial charge < -0.3 is 5.11 Å². The molecule has 1 unspecified atom stereocenters. The zero-order chi connectivity index (χ0) is 11.7. The summed E-state index contributed by atoms with van der Waals surface area (Å²) in [5.74, 6) is 0. The van der Waals surface area contributed by atoms with Gasteiger partial charge >= 0.3 is 0 Å². The van der Waals surface area contributed by atoms with Gasteiger partial charge in [0.05, 0.1) is 7.57 Å². The molecule has 0 fully saturated rings. The van der Waals surface area contributed by atoms with Crippen molar-refractivity contribution in [2.45, 2.75) is 6.10 Å². The first kappa shape index (κ1) is 12.8. The van der Waals surface area contributed by atoms with Crippen molar-refractivity contribution in [1.82, 2.24) is 0 Å². The van der Waals surface area contributed by atoms with Crippen LogP contribution < -0.4 is 0 Å². The maximum atomic E-state index is 10.3. The average molecular weight is 427 g/mol.